The molecule has 0 aliphatic rings. The van der Waals surface area contributed by atoms with Crippen molar-refractivity contribution >= 4 is 61.6 Å². The van der Waals surface area contributed by atoms with E-state index >= 15 is 0 Å². The third-order valence-corrected chi connectivity index (χ3v) is 6.82. The molecule has 0 unspecified atom stereocenters. The third-order valence-electron chi connectivity index (χ3n) is 5.33. The normalized spacial score (nSPS) is 11.3. The lowest BCUT2D eigenvalue weighted by molar-refractivity contribution is -0.118. The SMILES string of the molecule is O=C(CSc1nc2ccccc2[nH]1)N/N=C\c1ccc(OCc2cccc3ccccc23)c(Br)c1. The van der Waals surface area contributed by atoms with E-state index in [4.69, 9.17) is 4.74 Å². The summed E-state index contributed by atoms with van der Waals surface area (Å²) >= 11 is 4.90. The first-order chi connectivity index (χ1) is 17.2. The molecule has 4 aromatic carbocycles. The van der Waals surface area contributed by atoms with Crippen molar-refractivity contribution in [1.82, 2.24) is 15.4 Å². The Hall–Kier alpha value is -3.62. The minimum absolute atomic E-state index is 0.208. The average Bonchev–Trinajstić information content (AvgIpc) is 3.30. The summed E-state index contributed by atoms with van der Waals surface area (Å²) in [6, 6.07) is 27.9. The van der Waals surface area contributed by atoms with Crippen LogP contribution in [0.25, 0.3) is 21.8 Å². The monoisotopic (exact) mass is 544 g/mol. The zero-order valence-corrected chi connectivity index (χ0v) is 21.0. The molecule has 0 radical (unpaired) electrons. The van der Waals surface area contributed by atoms with E-state index in [0.717, 1.165) is 32.4 Å². The van der Waals surface area contributed by atoms with Crippen LogP contribution in [-0.2, 0) is 11.4 Å². The second kappa shape index (κ2) is 10.8. The van der Waals surface area contributed by atoms with Gasteiger partial charge in [0.25, 0.3) is 5.91 Å². The number of H-pyrrole nitrogens is 1. The molecule has 0 saturated heterocycles. The van der Waals surface area contributed by atoms with Gasteiger partial charge in [-0.05, 0) is 68.2 Å². The van der Waals surface area contributed by atoms with E-state index < -0.39 is 0 Å². The molecule has 5 aromatic rings. The highest BCUT2D eigenvalue weighted by molar-refractivity contribution is 9.10. The fourth-order valence-electron chi connectivity index (χ4n) is 3.63. The van der Waals surface area contributed by atoms with Gasteiger partial charge in [0, 0.05) is 0 Å². The number of aromatic nitrogens is 2. The maximum absolute atomic E-state index is 12.1. The van der Waals surface area contributed by atoms with Crippen molar-refractivity contribution in [2.75, 3.05) is 5.75 Å². The fraction of sp³-hybridized carbons (Fsp3) is 0.0741. The van der Waals surface area contributed by atoms with Gasteiger partial charge >= 0.3 is 0 Å². The van der Waals surface area contributed by atoms with Crippen molar-refractivity contribution in [3.05, 3.63) is 101 Å². The number of fused-ring (bicyclic) bond motifs is 2. The summed E-state index contributed by atoms with van der Waals surface area (Å²) in [6.45, 7) is 0.465. The van der Waals surface area contributed by atoms with Crippen LogP contribution in [0.15, 0.2) is 99.7 Å². The quantitative estimate of drug-likeness (QED) is 0.136. The molecule has 0 aliphatic heterocycles. The van der Waals surface area contributed by atoms with Gasteiger partial charge in [-0.25, -0.2) is 10.4 Å². The van der Waals surface area contributed by atoms with Crippen molar-refractivity contribution in [2.45, 2.75) is 11.8 Å². The molecule has 6 nitrogen and oxygen atoms in total. The van der Waals surface area contributed by atoms with E-state index in [1.54, 1.807) is 6.21 Å². The number of carbonyl (C=O) groups excluding carboxylic acids is 1. The van der Waals surface area contributed by atoms with Crippen molar-refractivity contribution in [1.29, 1.82) is 0 Å². The van der Waals surface area contributed by atoms with Crippen LogP contribution in [0.4, 0.5) is 0 Å². The molecular weight excluding hydrogens is 524 g/mol. The van der Waals surface area contributed by atoms with E-state index in [1.807, 2.05) is 60.7 Å². The van der Waals surface area contributed by atoms with Gasteiger partial charge in [0.05, 0.1) is 27.5 Å². The molecule has 1 aromatic heterocycles. The average molecular weight is 545 g/mol. The Kier molecular flexibility index (Phi) is 7.11. The number of ether oxygens (including phenoxy) is 1. The Morgan fingerprint density at radius 2 is 1.89 bits per heavy atom. The Morgan fingerprint density at radius 1 is 1.06 bits per heavy atom. The van der Waals surface area contributed by atoms with Gasteiger partial charge in [-0.2, -0.15) is 5.10 Å². The van der Waals surface area contributed by atoms with Crippen LogP contribution in [0.2, 0.25) is 0 Å². The Morgan fingerprint density at radius 3 is 2.77 bits per heavy atom. The van der Waals surface area contributed by atoms with Crippen LogP contribution in [0.3, 0.4) is 0 Å². The van der Waals surface area contributed by atoms with E-state index in [0.29, 0.717) is 11.8 Å². The van der Waals surface area contributed by atoms with Crippen molar-refractivity contribution in [3.63, 3.8) is 0 Å². The number of hydrazone groups is 1. The number of rotatable bonds is 8. The number of halogens is 1. The Balaban J connectivity index is 1.14. The van der Waals surface area contributed by atoms with Crippen LogP contribution < -0.4 is 10.2 Å². The van der Waals surface area contributed by atoms with Crippen LogP contribution in [0, 0.1) is 0 Å². The Labute approximate surface area is 214 Å². The number of carbonyl (C=O) groups is 1. The minimum atomic E-state index is -0.208. The fourth-order valence-corrected chi connectivity index (χ4v) is 4.82. The number of benzene rings is 4. The van der Waals surface area contributed by atoms with Gasteiger partial charge in [0.2, 0.25) is 0 Å². The van der Waals surface area contributed by atoms with Crippen LogP contribution >= 0.6 is 27.7 Å². The van der Waals surface area contributed by atoms with Crippen molar-refractivity contribution < 1.29 is 9.53 Å². The number of nitrogens with one attached hydrogen (secondary N) is 2. The lowest BCUT2D eigenvalue weighted by Gasteiger charge is -2.11. The van der Waals surface area contributed by atoms with Crippen molar-refractivity contribution in [3.8, 4) is 5.75 Å². The number of para-hydroxylation sites is 2. The number of hydrogen-bond donors (Lipinski definition) is 2. The van der Waals surface area contributed by atoms with Gasteiger partial charge in [0.15, 0.2) is 5.16 Å². The largest absolute Gasteiger partial charge is 0.488 e. The molecule has 8 heteroatoms. The van der Waals surface area contributed by atoms with Gasteiger partial charge in [-0.1, -0.05) is 66.4 Å². The standard InChI is InChI=1S/C27H21BrN4O2S/c28-22-14-18(12-13-25(22)34-16-20-8-5-7-19-6-1-2-9-21(19)20)15-29-32-26(33)17-35-27-30-23-10-3-4-11-24(23)31-27/h1-15H,16-17H2,(H,30,31)(H,32,33)/b29-15-. The molecule has 0 saturated carbocycles. The van der Waals surface area contributed by atoms with Gasteiger partial charge in [0.1, 0.15) is 12.4 Å². The van der Waals surface area contributed by atoms with E-state index in [-0.39, 0.29) is 11.7 Å². The van der Waals surface area contributed by atoms with E-state index in [1.165, 1.54) is 22.5 Å². The highest BCUT2D eigenvalue weighted by Gasteiger charge is 2.07. The summed E-state index contributed by atoms with van der Waals surface area (Å²) < 4.78 is 6.87. The van der Waals surface area contributed by atoms with Crippen LogP contribution in [0.5, 0.6) is 5.75 Å². The molecule has 174 valence electrons. The lowest BCUT2D eigenvalue weighted by atomic mass is 10.1. The minimum Gasteiger partial charge on any atom is -0.488 e. The van der Waals surface area contributed by atoms with Crippen LogP contribution in [-0.4, -0.2) is 27.8 Å². The molecule has 0 spiro atoms. The number of aromatic amines is 1. The number of amides is 1. The second-order valence-electron chi connectivity index (χ2n) is 7.76. The Bertz CT molecular complexity index is 1490. The summed E-state index contributed by atoms with van der Waals surface area (Å²) in [4.78, 5) is 19.8. The molecule has 0 bridgehead atoms. The maximum Gasteiger partial charge on any atom is 0.250 e. The molecule has 0 atom stereocenters. The first kappa shape index (κ1) is 23.1. The van der Waals surface area contributed by atoms with Gasteiger partial charge in [-0.15, -0.1) is 0 Å². The number of hydrogen-bond acceptors (Lipinski definition) is 5. The zero-order chi connectivity index (χ0) is 24.0. The smallest absolute Gasteiger partial charge is 0.250 e. The van der Waals surface area contributed by atoms with E-state index in [9.17, 15) is 4.79 Å². The summed E-state index contributed by atoms with van der Waals surface area (Å²) in [7, 11) is 0. The predicted molar refractivity (Wildman–Crippen MR) is 145 cm³/mol. The summed E-state index contributed by atoms with van der Waals surface area (Å²) in [5, 5.41) is 7.14. The molecule has 1 heterocycles. The third kappa shape index (κ3) is 5.72. The molecule has 35 heavy (non-hydrogen) atoms. The summed E-state index contributed by atoms with van der Waals surface area (Å²) in [5.41, 5.74) is 6.34. The topological polar surface area (TPSA) is 79.4 Å². The molecule has 0 aliphatic carbocycles. The number of imidazole rings is 1. The highest BCUT2D eigenvalue weighted by atomic mass is 79.9. The molecule has 1 amide bonds. The molecule has 0 fully saturated rings. The highest BCUT2D eigenvalue weighted by Crippen LogP contribution is 2.27. The second-order valence-corrected chi connectivity index (χ2v) is 9.58. The lowest BCUT2D eigenvalue weighted by Crippen LogP contribution is -2.19. The first-order valence-corrected chi connectivity index (χ1v) is 12.7. The van der Waals surface area contributed by atoms with Crippen LogP contribution in [0.1, 0.15) is 11.1 Å². The van der Waals surface area contributed by atoms with Gasteiger partial charge < -0.3 is 9.72 Å². The number of thioether (sulfide) groups is 1. The van der Waals surface area contributed by atoms with E-state index in [2.05, 4.69) is 60.7 Å². The maximum atomic E-state index is 12.1. The van der Waals surface area contributed by atoms with Crippen molar-refractivity contribution in [2.24, 2.45) is 5.10 Å². The molecular formula is C27H21BrN4O2S. The summed E-state index contributed by atoms with van der Waals surface area (Å²) in [6.07, 6.45) is 1.60. The van der Waals surface area contributed by atoms with Gasteiger partial charge in [-0.3, -0.25) is 4.79 Å². The first-order valence-electron chi connectivity index (χ1n) is 10.9. The summed E-state index contributed by atoms with van der Waals surface area (Å²) in [5.74, 6) is 0.740. The zero-order valence-electron chi connectivity index (χ0n) is 18.6. The predicted octanol–water partition coefficient (Wildman–Crippen LogP) is 6.30. The molecule has 2 N–H and O–H groups in total. The molecule has 5 rings (SSSR count). The number of nitrogens with zero attached hydrogens (tertiary/aromatic N) is 2.